The van der Waals surface area contributed by atoms with Gasteiger partial charge in [0.1, 0.15) is 18.4 Å². The number of ether oxygens (including phenoxy) is 1. The van der Waals surface area contributed by atoms with Gasteiger partial charge in [0.25, 0.3) is 0 Å². The van der Waals surface area contributed by atoms with Crippen LogP contribution in [0.2, 0.25) is 0 Å². The Bertz CT molecular complexity index is 675. The summed E-state index contributed by atoms with van der Waals surface area (Å²) in [7, 11) is 0. The summed E-state index contributed by atoms with van der Waals surface area (Å²) >= 11 is 0. The van der Waals surface area contributed by atoms with Crippen LogP contribution >= 0.6 is 0 Å². The Labute approximate surface area is 141 Å². The Hall–Kier alpha value is -2.12. The monoisotopic (exact) mass is 327 g/mol. The van der Waals surface area contributed by atoms with Crippen molar-refractivity contribution < 1.29 is 14.9 Å². The molecular weight excluding hydrogens is 306 g/mol. The molecule has 6 nitrogen and oxygen atoms in total. The number of hydrogen-bond donors (Lipinski definition) is 2. The maximum Gasteiger partial charge on any atom is 0.115 e. The van der Waals surface area contributed by atoms with Gasteiger partial charge in [-0.15, -0.1) is 0 Å². The first-order valence-electron chi connectivity index (χ1n) is 8.28. The first-order valence-corrected chi connectivity index (χ1v) is 8.28. The van der Waals surface area contributed by atoms with Crippen LogP contribution in [0.15, 0.2) is 12.3 Å². The van der Waals surface area contributed by atoms with Crippen molar-refractivity contribution in [1.29, 1.82) is 5.26 Å². The number of pyridine rings is 1. The van der Waals surface area contributed by atoms with E-state index in [1.54, 1.807) is 0 Å². The molecule has 0 bridgehead atoms. The third-order valence-corrected chi connectivity index (χ3v) is 4.54. The minimum absolute atomic E-state index is 0.191. The maximum absolute atomic E-state index is 9.33. The van der Waals surface area contributed by atoms with Crippen molar-refractivity contribution in [2.75, 3.05) is 24.6 Å². The number of anilines is 1. The minimum atomic E-state index is -0.213. The Morgan fingerprint density at radius 1 is 1.29 bits per heavy atom. The molecule has 1 saturated carbocycles. The van der Waals surface area contributed by atoms with Gasteiger partial charge in [0.05, 0.1) is 29.6 Å². The predicted molar refractivity (Wildman–Crippen MR) is 88.3 cm³/mol. The van der Waals surface area contributed by atoms with Crippen LogP contribution in [-0.2, 0) is 4.74 Å². The van der Waals surface area contributed by atoms with Crippen molar-refractivity contribution in [2.45, 2.75) is 44.0 Å². The van der Waals surface area contributed by atoms with Crippen LogP contribution in [0.4, 0.5) is 5.69 Å². The maximum atomic E-state index is 9.33. The molecule has 2 heterocycles. The molecule has 0 atom stereocenters. The fourth-order valence-electron chi connectivity index (χ4n) is 3.14. The molecule has 0 spiro atoms. The lowest BCUT2D eigenvalue weighted by Gasteiger charge is -2.39. The number of piperidine rings is 1. The minimum Gasteiger partial charge on any atom is -0.393 e. The summed E-state index contributed by atoms with van der Waals surface area (Å²) in [4.78, 5) is 6.31. The summed E-state index contributed by atoms with van der Waals surface area (Å²) in [6.45, 7) is 1.41. The molecule has 2 N–H and O–H groups in total. The van der Waals surface area contributed by atoms with Crippen LogP contribution in [0, 0.1) is 23.2 Å². The molecule has 1 aromatic heterocycles. The van der Waals surface area contributed by atoms with Gasteiger partial charge in [0, 0.05) is 19.3 Å². The highest BCUT2D eigenvalue weighted by Gasteiger charge is 2.31. The molecule has 2 fully saturated rings. The first-order chi connectivity index (χ1) is 11.7. The van der Waals surface area contributed by atoms with Crippen LogP contribution in [0.3, 0.4) is 0 Å². The zero-order valence-electron chi connectivity index (χ0n) is 13.5. The largest absolute Gasteiger partial charge is 0.393 e. The summed E-state index contributed by atoms with van der Waals surface area (Å²) in [5.41, 5.74) is 1.93. The Kier molecular flexibility index (Phi) is 5.32. The highest BCUT2D eigenvalue weighted by atomic mass is 16.5. The number of hydrogen-bond acceptors (Lipinski definition) is 6. The number of aliphatic hydroxyl groups is 2. The smallest absolute Gasteiger partial charge is 0.115 e. The van der Waals surface area contributed by atoms with E-state index in [0.717, 1.165) is 44.5 Å². The third kappa shape index (κ3) is 3.85. The normalized spacial score (nSPS) is 23.8. The van der Waals surface area contributed by atoms with E-state index in [2.05, 4.69) is 27.8 Å². The van der Waals surface area contributed by atoms with Crippen LogP contribution in [0.25, 0.3) is 0 Å². The molecule has 6 heteroatoms. The molecule has 126 valence electrons. The molecule has 0 radical (unpaired) electrons. The second kappa shape index (κ2) is 7.63. The van der Waals surface area contributed by atoms with E-state index in [4.69, 9.17) is 9.84 Å². The SMILES string of the molecule is N#Cc1cnc(C#CCO)cc1N1CCC(OC2CC(O)C2)CC1. The van der Waals surface area contributed by atoms with Gasteiger partial charge in [0.15, 0.2) is 0 Å². The van der Waals surface area contributed by atoms with E-state index in [0.29, 0.717) is 11.3 Å². The highest BCUT2D eigenvalue weighted by molar-refractivity contribution is 5.60. The summed E-state index contributed by atoms with van der Waals surface area (Å²) in [5.74, 6) is 5.36. The van der Waals surface area contributed by atoms with Crippen molar-refractivity contribution >= 4 is 5.69 Å². The van der Waals surface area contributed by atoms with E-state index in [9.17, 15) is 10.4 Å². The first kappa shape index (κ1) is 16.7. The van der Waals surface area contributed by atoms with E-state index < -0.39 is 0 Å². The molecule has 0 amide bonds. The van der Waals surface area contributed by atoms with Gasteiger partial charge in [0.2, 0.25) is 0 Å². The van der Waals surface area contributed by atoms with Gasteiger partial charge in [-0.1, -0.05) is 5.92 Å². The number of nitrogens with zero attached hydrogens (tertiary/aromatic N) is 3. The fourth-order valence-corrected chi connectivity index (χ4v) is 3.14. The Balaban J connectivity index is 1.63. The molecule has 1 saturated heterocycles. The van der Waals surface area contributed by atoms with Gasteiger partial charge in [-0.3, -0.25) is 0 Å². The predicted octanol–water partition coefficient (Wildman–Crippen LogP) is 0.806. The van der Waals surface area contributed by atoms with Gasteiger partial charge in [-0.25, -0.2) is 4.98 Å². The molecule has 1 aliphatic heterocycles. The zero-order chi connectivity index (χ0) is 16.9. The second-order valence-corrected chi connectivity index (χ2v) is 6.23. The fraction of sp³-hybridized carbons (Fsp3) is 0.556. The average molecular weight is 327 g/mol. The third-order valence-electron chi connectivity index (χ3n) is 4.54. The second-order valence-electron chi connectivity index (χ2n) is 6.23. The Morgan fingerprint density at radius 3 is 2.67 bits per heavy atom. The summed E-state index contributed by atoms with van der Waals surface area (Å²) in [6, 6.07) is 3.99. The zero-order valence-corrected chi connectivity index (χ0v) is 13.5. The van der Waals surface area contributed by atoms with Crippen molar-refractivity contribution in [2.24, 2.45) is 0 Å². The molecule has 0 aromatic carbocycles. The van der Waals surface area contributed by atoms with Crippen molar-refractivity contribution in [3.05, 3.63) is 23.5 Å². The Morgan fingerprint density at radius 2 is 2.04 bits per heavy atom. The number of aliphatic hydroxyl groups excluding tert-OH is 2. The molecule has 2 aliphatic rings. The van der Waals surface area contributed by atoms with Gasteiger partial charge < -0.3 is 19.8 Å². The van der Waals surface area contributed by atoms with Gasteiger partial charge >= 0.3 is 0 Å². The summed E-state index contributed by atoms with van der Waals surface area (Å²) in [5, 5.41) is 27.4. The van der Waals surface area contributed by atoms with Crippen molar-refractivity contribution in [3.63, 3.8) is 0 Å². The summed E-state index contributed by atoms with van der Waals surface area (Å²) in [6.07, 6.45) is 5.06. The molecule has 1 aromatic rings. The van der Waals surface area contributed by atoms with Gasteiger partial charge in [-0.2, -0.15) is 5.26 Å². The van der Waals surface area contributed by atoms with E-state index in [-0.39, 0.29) is 24.9 Å². The topological polar surface area (TPSA) is 89.6 Å². The van der Waals surface area contributed by atoms with Crippen LogP contribution in [-0.4, -0.2) is 53.2 Å². The number of rotatable bonds is 3. The molecular formula is C18H21N3O3. The van der Waals surface area contributed by atoms with Crippen LogP contribution in [0.1, 0.15) is 36.9 Å². The quantitative estimate of drug-likeness (QED) is 0.799. The van der Waals surface area contributed by atoms with E-state index >= 15 is 0 Å². The molecule has 24 heavy (non-hydrogen) atoms. The number of nitriles is 1. The van der Waals surface area contributed by atoms with Gasteiger partial charge in [-0.05, 0) is 37.7 Å². The molecule has 3 rings (SSSR count). The van der Waals surface area contributed by atoms with E-state index in [1.165, 1.54) is 6.20 Å². The lowest BCUT2D eigenvalue weighted by Crippen LogP contribution is -2.43. The van der Waals surface area contributed by atoms with E-state index in [1.807, 2.05) is 6.07 Å². The van der Waals surface area contributed by atoms with Crippen LogP contribution in [0.5, 0.6) is 0 Å². The summed E-state index contributed by atoms with van der Waals surface area (Å²) < 4.78 is 6.00. The van der Waals surface area contributed by atoms with Crippen molar-refractivity contribution in [1.82, 2.24) is 4.98 Å². The van der Waals surface area contributed by atoms with Crippen LogP contribution < -0.4 is 4.90 Å². The lowest BCUT2D eigenvalue weighted by molar-refractivity contribution is -0.108. The van der Waals surface area contributed by atoms with Crippen molar-refractivity contribution in [3.8, 4) is 17.9 Å². The molecule has 0 unspecified atom stereocenters. The molecule has 1 aliphatic carbocycles. The average Bonchev–Trinajstić information content (AvgIpc) is 2.59. The number of aromatic nitrogens is 1. The lowest BCUT2D eigenvalue weighted by atomic mass is 9.91. The standard InChI is InChI=1S/C18H21N3O3/c19-11-13-12-20-14(2-1-7-22)8-18(13)21-5-3-16(4-6-21)24-17-9-15(23)10-17/h8,12,15-17,22-23H,3-7,9-10H2. The highest BCUT2D eigenvalue weighted by Crippen LogP contribution is 2.29.